The first-order valence-corrected chi connectivity index (χ1v) is 5.50. The quantitative estimate of drug-likeness (QED) is 0.669. The molecule has 2 heterocycles. The standard InChI is InChI=1S/C11H18N2O/c1-10(3-6-12)13-7-2-4-11(13)5-8-14-9-11/h10H,2-5,7-9H2,1H3. The highest BCUT2D eigenvalue weighted by atomic mass is 16.5. The van der Waals surface area contributed by atoms with Crippen molar-refractivity contribution in [1.29, 1.82) is 5.26 Å². The van der Waals surface area contributed by atoms with Crippen molar-refractivity contribution in [3.05, 3.63) is 0 Å². The summed E-state index contributed by atoms with van der Waals surface area (Å²) in [5.41, 5.74) is 0.288. The van der Waals surface area contributed by atoms with Crippen LogP contribution < -0.4 is 0 Å². The van der Waals surface area contributed by atoms with E-state index in [2.05, 4.69) is 17.9 Å². The Hall–Kier alpha value is -0.590. The van der Waals surface area contributed by atoms with Gasteiger partial charge in [-0.25, -0.2) is 0 Å². The summed E-state index contributed by atoms with van der Waals surface area (Å²) in [6.45, 7) is 5.08. The van der Waals surface area contributed by atoms with E-state index in [1.807, 2.05) is 0 Å². The average molecular weight is 194 g/mol. The van der Waals surface area contributed by atoms with Crippen molar-refractivity contribution < 1.29 is 4.74 Å². The van der Waals surface area contributed by atoms with Crippen molar-refractivity contribution in [2.24, 2.45) is 0 Å². The molecule has 0 N–H and O–H groups in total. The number of ether oxygens (including phenoxy) is 1. The van der Waals surface area contributed by atoms with Crippen molar-refractivity contribution >= 4 is 0 Å². The Morgan fingerprint density at radius 1 is 1.57 bits per heavy atom. The van der Waals surface area contributed by atoms with Crippen molar-refractivity contribution in [2.45, 2.75) is 44.2 Å². The zero-order valence-corrected chi connectivity index (χ0v) is 8.83. The third-order valence-corrected chi connectivity index (χ3v) is 3.65. The van der Waals surface area contributed by atoms with Crippen molar-refractivity contribution in [3.63, 3.8) is 0 Å². The van der Waals surface area contributed by atoms with Gasteiger partial charge in [0.1, 0.15) is 0 Å². The van der Waals surface area contributed by atoms with Crippen molar-refractivity contribution in [3.8, 4) is 6.07 Å². The van der Waals surface area contributed by atoms with E-state index >= 15 is 0 Å². The minimum Gasteiger partial charge on any atom is -0.379 e. The van der Waals surface area contributed by atoms with E-state index in [0.29, 0.717) is 12.5 Å². The van der Waals surface area contributed by atoms with Gasteiger partial charge in [-0.15, -0.1) is 0 Å². The summed E-state index contributed by atoms with van der Waals surface area (Å²) in [5.74, 6) is 0. The molecule has 2 unspecified atom stereocenters. The van der Waals surface area contributed by atoms with Gasteiger partial charge in [-0.2, -0.15) is 5.26 Å². The van der Waals surface area contributed by atoms with E-state index in [-0.39, 0.29) is 5.54 Å². The number of nitriles is 1. The number of likely N-dealkylation sites (tertiary alicyclic amines) is 1. The first-order chi connectivity index (χ1) is 6.78. The van der Waals surface area contributed by atoms with Crippen LogP contribution in [0.15, 0.2) is 0 Å². The van der Waals surface area contributed by atoms with Crippen LogP contribution >= 0.6 is 0 Å². The topological polar surface area (TPSA) is 36.3 Å². The summed E-state index contributed by atoms with van der Waals surface area (Å²) in [7, 11) is 0. The molecule has 2 atom stereocenters. The van der Waals surface area contributed by atoms with Gasteiger partial charge in [0.15, 0.2) is 0 Å². The summed E-state index contributed by atoms with van der Waals surface area (Å²) < 4.78 is 5.52. The molecule has 0 bridgehead atoms. The smallest absolute Gasteiger partial charge is 0.0651 e. The number of hydrogen-bond donors (Lipinski definition) is 0. The Morgan fingerprint density at radius 2 is 2.43 bits per heavy atom. The van der Waals surface area contributed by atoms with Gasteiger partial charge < -0.3 is 4.74 Å². The molecule has 1 spiro atoms. The van der Waals surface area contributed by atoms with Gasteiger partial charge in [-0.05, 0) is 32.7 Å². The molecule has 0 saturated carbocycles. The van der Waals surface area contributed by atoms with E-state index in [4.69, 9.17) is 10.00 Å². The van der Waals surface area contributed by atoms with Crippen LogP contribution in [0.2, 0.25) is 0 Å². The zero-order chi connectivity index (χ0) is 10.0. The number of nitrogens with zero attached hydrogens (tertiary/aromatic N) is 2. The van der Waals surface area contributed by atoms with Gasteiger partial charge in [0.2, 0.25) is 0 Å². The Bertz CT molecular complexity index is 235. The third kappa shape index (κ3) is 1.53. The molecule has 2 aliphatic heterocycles. The molecule has 3 nitrogen and oxygen atoms in total. The molecule has 0 aliphatic carbocycles. The van der Waals surface area contributed by atoms with Crippen LogP contribution in [0.5, 0.6) is 0 Å². The van der Waals surface area contributed by atoms with E-state index < -0.39 is 0 Å². The molecular weight excluding hydrogens is 176 g/mol. The monoisotopic (exact) mass is 194 g/mol. The Morgan fingerprint density at radius 3 is 3.07 bits per heavy atom. The minimum absolute atomic E-state index is 0.288. The number of rotatable bonds is 2. The zero-order valence-electron chi connectivity index (χ0n) is 8.83. The van der Waals surface area contributed by atoms with Crippen LogP contribution in [-0.4, -0.2) is 36.2 Å². The van der Waals surface area contributed by atoms with Gasteiger partial charge in [-0.3, -0.25) is 4.90 Å². The second-order valence-electron chi connectivity index (χ2n) is 4.54. The maximum Gasteiger partial charge on any atom is 0.0651 e. The highest BCUT2D eigenvalue weighted by Gasteiger charge is 2.45. The average Bonchev–Trinajstić information content (AvgIpc) is 2.78. The molecule has 2 fully saturated rings. The van der Waals surface area contributed by atoms with Gasteiger partial charge >= 0.3 is 0 Å². The maximum absolute atomic E-state index is 8.72. The SMILES string of the molecule is CC(CC#N)N1CCCC12CCOC2. The molecule has 78 valence electrons. The third-order valence-electron chi connectivity index (χ3n) is 3.65. The van der Waals surface area contributed by atoms with Crippen molar-refractivity contribution in [2.75, 3.05) is 19.8 Å². The Labute approximate surface area is 85.6 Å². The molecule has 0 aromatic carbocycles. The van der Waals surface area contributed by atoms with Crippen LogP contribution in [0.4, 0.5) is 0 Å². The van der Waals surface area contributed by atoms with Gasteiger partial charge in [0.05, 0.1) is 19.1 Å². The lowest BCUT2D eigenvalue weighted by molar-refractivity contribution is 0.0738. The Kier molecular flexibility index (Phi) is 2.76. The highest BCUT2D eigenvalue weighted by Crippen LogP contribution is 2.38. The summed E-state index contributed by atoms with van der Waals surface area (Å²) >= 11 is 0. The lowest BCUT2D eigenvalue weighted by Crippen LogP contribution is -2.48. The first kappa shape index (κ1) is 9.95. The second-order valence-corrected chi connectivity index (χ2v) is 4.54. The summed E-state index contributed by atoms with van der Waals surface area (Å²) in [5, 5.41) is 8.72. The summed E-state index contributed by atoms with van der Waals surface area (Å²) in [4.78, 5) is 2.50. The van der Waals surface area contributed by atoms with E-state index in [0.717, 1.165) is 26.2 Å². The molecule has 0 aromatic rings. The van der Waals surface area contributed by atoms with Crippen molar-refractivity contribution in [1.82, 2.24) is 4.90 Å². The van der Waals surface area contributed by atoms with Gasteiger partial charge in [0.25, 0.3) is 0 Å². The number of hydrogen-bond acceptors (Lipinski definition) is 3. The summed E-state index contributed by atoms with van der Waals surface area (Å²) in [6.07, 6.45) is 4.31. The Balaban J connectivity index is 2.06. The van der Waals surface area contributed by atoms with Crippen LogP contribution in [0.1, 0.15) is 32.6 Å². The summed E-state index contributed by atoms with van der Waals surface area (Å²) in [6, 6.07) is 2.66. The van der Waals surface area contributed by atoms with Crippen LogP contribution in [0, 0.1) is 11.3 Å². The second kappa shape index (κ2) is 3.88. The maximum atomic E-state index is 8.72. The first-order valence-electron chi connectivity index (χ1n) is 5.50. The van der Waals surface area contributed by atoms with E-state index in [9.17, 15) is 0 Å². The molecule has 2 rings (SSSR count). The van der Waals surface area contributed by atoms with Crippen LogP contribution in [-0.2, 0) is 4.74 Å². The predicted octanol–water partition coefficient (Wildman–Crippen LogP) is 1.54. The lowest BCUT2D eigenvalue weighted by Gasteiger charge is -2.37. The van der Waals surface area contributed by atoms with E-state index in [1.165, 1.54) is 12.8 Å². The largest absolute Gasteiger partial charge is 0.379 e. The predicted molar refractivity (Wildman–Crippen MR) is 53.8 cm³/mol. The molecule has 2 saturated heterocycles. The molecular formula is C11H18N2O. The molecule has 2 aliphatic rings. The fraction of sp³-hybridized carbons (Fsp3) is 0.909. The molecule has 0 radical (unpaired) electrons. The van der Waals surface area contributed by atoms with Gasteiger partial charge in [0, 0.05) is 18.2 Å². The van der Waals surface area contributed by atoms with Crippen LogP contribution in [0.25, 0.3) is 0 Å². The van der Waals surface area contributed by atoms with Crippen LogP contribution in [0.3, 0.4) is 0 Å². The molecule has 0 amide bonds. The fourth-order valence-corrected chi connectivity index (χ4v) is 2.91. The minimum atomic E-state index is 0.288. The fourth-order valence-electron chi connectivity index (χ4n) is 2.91. The lowest BCUT2D eigenvalue weighted by atomic mass is 9.94. The highest BCUT2D eigenvalue weighted by molar-refractivity contribution is 5.01. The van der Waals surface area contributed by atoms with Gasteiger partial charge in [-0.1, -0.05) is 0 Å². The molecule has 14 heavy (non-hydrogen) atoms. The molecule has 0 aromatic heterocycles. The van der Waals surface area contributed by atoms with E-state index in [1.54, 1.807) is 0 Å². The molecule has 3 heteroatoms. The normalized spacial score (nSPS) is 34.9.